The molecule has 2 heterocycles. The van der Waals surface area contributed by atoms with Crippen molar-refractivity contribution in [3.8, 4) is 0 Å². The maximum atomic E-state index is 13.4. The second-order valence-corrected chi connectivity index (χ2v) is 10.9. The first kappa shape index (κ1) is 24.6. The number of hydrogen-bond donors (Lipinski definition) is 1. The number of unbranched alkanes of at least 4 members (excludes halogenated alkanes) is 1. The molecule has 1 aromatic heterocycles. The summed E-state index contributed by atoms with van der Waals surface area (Å²) in [6.07, 6.45) is 9.29. The fourth-order valence-corrected chi connectivity index (χ4v) is 6.14. The van der Waals surface area contributed by atoms with E-state index in [1.165, 1.54) is 43.1 Å². The van der Waals surface area contributed by atoms with Crippen LogP contribution in [0.3, 0.4) is 0 Å². The van der Waals surface area contributed by atoms with Crippen LogP contribution in [0.5, 0.6) is 0 Å². The molecule has 1 saturated heterocycles. The van der Waals surface area contributed by atoms with E-state index < -0.39 is 0 Å². The van der Waals surface area contributed by atoms with Crippen LogP contribution in [0.15, 0.2) is 18.2 Å². The number of H-pyrrole nitrogens is 1. The van der Waals surface area contributed by atoms with Crippen molar-refractivity contribution in [1.29, 1.82) is 0 Å². The summed E-state index contributed by atoms with van der Waals surface area (Å²) in [6, 6.07) is 5.99. The van der Waals surface area contributed by atoms with E-state index in [1.54, 1.807) is 0 Å². The van der Waals surface area contributed by atoms with Crippen LogP contribution >= 0.6 is 11.6 Å². The van der Waals surface area contributed by atoms with E-state index in [1.807, 2.05) is 30.1 Å². The number of aryl methyl sites for hydroxylation is 1. The average molecular weight is 473 g/mol. The lowest BCUT2D eigenvalue weighted by atomic mass is 9.82. The van der Waals surface area contributed by atoms with Gasteiger partial charge in [-0.1, -0.05) is 31.4 Å². The molecule has 33 heavy (non-hydrogen) atoms. The first-order valence-corrected chi connectivity index (χ1v) is 13.2. The zero-order chi connectivity index (χ0) is 23.6. The fraction of sp³-hybridized carbons (Fsp3) is 0.667. The number of aromatic amines is 1. The van der Waals surface area contributed by atoms with Crippen molar-refractivity contribution in [3.05, 3.63) is 34.5 Å². The van der Waals surface area contributed by atoms with E-state index in [4.69, 9.17) is 11.6 Å². The zero-order valence-corrected chi connectivity index (χ0v) is 21.7. The number of piperidine rings is 1. The second-order valence-electron chi connectivity index (χ2n) is 10.5. The maximum absolute atomic E-state index is 13.4. The summed E-state index contributed by atoms with van der Waals surface area (Å²) >= 11 is 6.25. The van der Waals surface area contributed by atoms with Crippen LogP contribution in [0.25, 0.3) is 10.9 Å². The summed E-state index contributed by atoms with van der Waals surface area (Å²) in [5.74, 6) is 0.179. The molecule has 1 atom stereocenters. The molecular weight excluding hydrogens is 432 g/mol. The van der Waals surface area contributed by atoms with Crippen molar-refractivity contribution in [2.24, 2.45) is 0 Å². The zero-order valence-electron chi connectivity index (χ0n) is 20.9. The Kier molecular flexibility index (Phi) is 7.72. The van der Waals surface area contributed by atoms with Gasteiger partial charge in [-0.2, -0.15) is 0 Å². The molecule has 1 aromatic carbocycles. The van der Waals surface area contributed by atoms with Gasteiger partial charge in [0.15, 0.2) is 0 Å². The van der Waals surface area contributed by atoms with Crippen LogP contribution in [0.2, 0.25) is 5.02 Å². The van der Waals surface area contributed by atoms with Gasteiger partial charge < -0.3 is 19.7 Å². The van der Waals surface area contributed by atoms with Gasteiger partial charge in [0.2, 0.25) is 5.91 Å². The van der Waals surface area contributed by atoms with Gasteiger partial charge in [-0.3, -0.25) is 4.79 Å². The van der Waals surface area contributed by atoms with E-state index in [0.29, 0.717) is 5.54 Å². The third-order valence-electron chi connectivity index (χ3n) is 8.33. The molecule has 4 rings (SSSR count). The molecule has 182 valence electrons. The van der Waals surface area contributed by atoms with Gasteiger partial charge in [-0.25, -0.2) is 0 Å². The molecule has 0 spiro atoms. The largest absolute Gasteiger partial charge is 0.357 e. The Morgan fingerprint density at radius 2 is 2.00 bits per heavy atom. The lowest BCUT2D eigenvalue weighted by molar-refractivity contribution is -0.132. The Bertz CT molecular complexity index is 960. The predicted molar refractivity (Wildman–Crippen MR) is 138 cm³/mol. The number of likely N-dealkylation sites (tertiary alicyclic amines) is 1. The highest BCUT2D eigenvalue weighted by atomic mass is 35.5. The number of likely N-dealkylation sites (N-methyl/N-ethyl adjacent to an activating group) is 1. The third kappa shape index (κ3) is 5.11. The molecule has 6 heteroatoms. The van der Waals surface area contributed by atoms with Gasteiger partial charge in [0.25, 0.3) is 0 Å². The summed E-state index contributed by atoms with van der Waals surface area (Å²) in [6.45, 7) is 6.29. The number of carbonyl (C=O) groups excluding carboxylic acids is 1. The van der Waals surface area contributed by atoms with E-state index in [9.17, 15) is 4.79 Å². The monoisotopic (exact) mass is 472 g/mol. The molecule has 0 bridgehead atoms. The Hall–Kier alpha value is -1.56. The van der Waals surface area contributed by atoms with Crippen LogP contribution < -0.4 is 0 Å². The van der Waals surface area contributed by atoms with E-state index in [0.717, 1.165) is 61.7 Å². The second kappa shape index (κ2) is 10.4. The van der Waals surface area contributed by atoms with Crippen LogP contribution in [-0.2, 0) is 11.2 Å². The Labute approximate surface area is 204 Å². The number of benzene rings is 1. The first-order chi connectivity index (χ1) is 15.8. The minimum atomic E-state index is -0.0679. The van der Waals surface area contributed by atoms with Gasteiger partial charge in [0.05, 0.1) is 5.92 Å². The summed E-state index contributed by atoms with van der Waals surface area (Å²) in [5, 5.41) is 1.93. The first-order valence-electron chi connectivity index (χ1n) is 12.8. The van der Waals surface area contributed by atoms with Crippen LogP contribution in [-0.4, -0.2) is 78.5 Å². The molecule has 5 nitrogen and oxygen atoms in total. The number of fused-ring (bicyclic) bond motifs is 3. The highest BCUT2D eigenvalue weighted by molar-refractivity contribution is 6.31. The lowest BCUT2D eigenvalue weighted by Gasteiger charge is -2.46. The van der Waals surface area contributed by atoms with E-state index in [2.05, 4.69) is 35.8 Å². The molecule has 1 aliphatic heterocycles. The van der Waals surface area contributed by atoms with Gasteiger partial charge in [0.1, 0.15) is 0 Å². The molecule has 1 amide bonds. The highest BCUT2D eigenvalue weighted by Crippen LogP contribution is 2.38. The predicted octanol–water partition coefficient (Wildman–Crippen LogP) is 5.29. The molecule has 1 unspecified atom stereocenters. The quantitative estimate of drug-likeness (QED) is 0.567. The SMILES string of the molecule is CCCCC1(N(C)C)CCN(CCN(C)C(=O)C2CCCc3c2[nH]c2ccc(Cl)cc32)CC1. The Balaban J connectivity index is 1.35. The number of halogens is 1. The minimum absolute atomic E-state index is 0.0679. The van der Waals surface area contributed by atoms with E-state index >= 15 is 0 Å². The van der Waals surface area contributed by atoms with Gasteiger partial charge in [0, 0.05) is 47.3 Å². The van der Waals surface area contributed by atoms with Gasteiger partial charge >= 0.3 is 0 Å². The topological polar surface area (TPSA) is 42.6 Å². The fourth-order valence-electron chi connectivity index (χ4n) is 5.97. The molecule has 1 N–H and O–H groups in total. The number of aromatic nitrogens is 1. The van der Waals surface area contributed by atoms with Gasteiger partial charge in [-0.15, -0.1) is 0 Å². The molecule has 2 aliphatic rings. The third-order valence-corrected chi connectivity index (χ3v) is 8.56. The van der Waals surface area contributed by atoms with Crippen LogP contribution in [0.4, 0.5) is 0 Å². The molecular formula is C27H41ClN4O. The molecule has 0 radical (unpaired) electrons. The summed E-state index contributed by atoms with van der Waals surface area (Å²) in [5.41, 5.74) is 3.84. The van der Waals surface area contributed by atoms with Crippen molar-refractivity contribution >= 4 is 28.4 Å². The van der Waals surface area contributed by atoms with E-state index in [-0.39, 0.29) is 11.8 Å². The minimum Gasteiger partial charge on any atom is -0.357 e. The molecule has 0 saturated carbocycles. The Morgan fingerprint density at radius 1 is 1.24 bits per heavy atom. The number of hydrogen-bond acceptors (Lipinski definition) is 3. The number of rotatable bonds is 8. The van der Waals surface area contributed by atoms with Crippen molar-refractivity contribution in [2.45, 2.75) is 69.7 Å². The summed E-state index contributed by atoms with van der Waals surface area (Å²) < 4.78 is 0. The van der Waals surface area contributed by atoms with Crippen LogP contribution in [0.1, 0.15) is 69.0 Å². The molecule has 1 aliphatic carbocycles. The highest BCUT2D eigenvalue weighted by Gasteiger charge is 2.36. The normalized spacial score (nSPS) is 20.8. The number of nitrogens with one attached hydrogen (secondary N) is 1. The standard InChI is InChI=1S/C27H41ClN4O/c1-5-6-12-27(30(2)3)13-15-32(16-14-27)18-17-31(4)26(33)22-9-7-8-21-23-19-20(28)10-11-24(23)29-25(21)22/h10-11,19,22,29H,5-9,12-18H2,1-4H3. The van der Waals surface area contributed by atoms with Crippen molar-refractivity contribution in [2.75, 3.05) is 47.3 Å². The summed E-state index contributed by atoms with van der Waals surface area (Å²) in [4.78, 5) is 24.0. The number of amides is 1. The number of carbonyl (C=O) groups is 1. The lowest BCUT2D eigenvalue weighted by Crippen LogP contribution is -2.53. The van der Waals surface area contributed by atoms with Crippen molar-refractivity contribution < 1.29 is 4.79 Å². The van der Waals surface area contributed by atoms with Crippen molar-refractivity contribution in [3.63, 3.8) is 0 Å². The average Bonchev–Trinajstić information content (AvgIpc) is 3.19. The smallest absolute Gasteiger partial charge is 0.231 e. The van der Waals surface area contributed by atoms with Gasteiger partial charge in [-0.05, 0) is 89.5 Å². The summed E-state index contributed by atoms with van der Waals surface area (Å²) in [7, 11) is 6.47. The molecule has 1 fully saturated rings. The molecule has 2 aromatic rings. The maximum Gasteiger partial charge on any atom is 0.231 e. The Morgan fingerprint density at radius 3 is 2.70 bits per heavy atom. The number of nitrogens with zero attached hydrogens (tertiary/aromatic N) is 3. The van der Waals surface area contributed by atoms with Crippen LogP contribution in [0, 0.1) is 0 Å². The van der Waals surface area contributed by atoms with Crippen molar-refractivity contribution in [1.82, 2.24) is 19.7 Å².